The number of nitrogens with zero attached hydrogens (tertiary/aromatic N) is 1. The van der Waals surface area contributed by atoms with E-state index in [0.29, 0.717) is 0 Å². The van der Waals surface area contributed by atoms with Gasteiger partial charge in [0.15, 0.2) is 0 Å². The maximum atomic E-state index is 12.8. The summed E-state index contributed by atoms with van der Waals surface area (Å²) in [4.78, 5) is 15.0. The molecule has 124 valence electrons. The van der Waals surface area contributed by atoms with Gasteiger partial charge >= 0.3 is 0 Å². The van der Waals surface area contributed by atoms with Crippen LogP contribution in [0.3, 0.4) is 0 Å². The summed E-state index contributed by atoms with van der Waals surface area (Å²) >= 11 is 0. The summed E-state index contributed by atoms with van der Waals surface area (Å²) in [5, 5.41) is 13.1. The van der Waals surface area contributed by atoms with Crippen molar-refractivity contribution in [1.82, 2.24) is 10.2 Å². The van der Waals surface area contributed by atoms with Crippen molar-refractivity contribution < 1.29 is 9.90 Å². The molecule has 4 saturated carbocycles. The van der Waals surface area contributed by atoms with Crippen LogP contribution in [0.15, 0.2) is 0 Å². The molecule has 1 heterocycles. The van der Waals surface area contributed by atoms with Gasteiger partial charge in [-0.15, -0.1) is 0 Å². The Labute approximate surface area is 133 Å². The van der Waals surface area contributed by atoms with Crippen LogP contribution in [0.4, 0.5) is 0 Å². The molecule has 0 aromatic carbocycles. The van der Waals surface area contributed by atoms with E-state index in [2.05, 4.69) is 10.2 Å². The lowest BCUT2D eigenvalue weighted by Crippen LogP contribution is -2.62. The minimum Gasteiger partial charge on any atom is -0.393 e. The highest BCUT2D eigenvalue weighted by Crippen LogP contribution is 2.55. The predicted octanol–water partition coefficient (Wildman–Crippen LogP) is 1.92. The Bertz CT molecular complexity index is 407. The van der Waals surface area contributed by atoms with Crippen molar-refractivity contribution in [2.75, 3.05) is 13.1 Å². The van der Waals surface area contributed by atoms with Crippen LogP contribution in [-0.2, 0) is 4.79 Å². The van der Waals surface area contributed by atoms with E-state index in [1.165, 1.54) is 38.5 Å². The minimum absolute atomic E-state index is 0.0551. The van der Waals surface area contributed by atoms with Gasteiger partial charge in [-0.3, -0.25) is 9.69 Å². The van der Waals surface area contributed by atoms with Crippen molar-refractivity contribution in [3.63, 3.8) is 0 Å². The lowest BCUT2D eigenvalue weighted by Gasteiger charge is -2.57. The Balaban J connectivity index is 1.39. The van der Waals surface area contributed by atoms with Gasteiger partial charge in [-0.05, 0) is 76.0 Å². The maximum absolute atomic E-state index is 12.8. The third-order valence-electron chi connectivity index (χ3n) is 6.85. The third kappa shape index (κ3) is 2.69. The third-order valence-corrected chi connectivity index (χ3v) is 6.85. The molecule has 1 amide bonds. The largest absolute Gasteiger partial charge is 0.393 e. The first-order valence-electron chi connectivity index (χ1n) is 9.27. The molecule has 4 nitrogen and oxygen atoms in total. The summed E-state index contributed by atoms with van der Waals surface area (Å²) in [7, 11) is 0. The van der Waals surface area contributed by atoms with E-state index in [0.717, 1.165) is 43.7 Å². The van der Waals surface area contributed by atoms with Crippen LogP contribution >= 0.6 is 0 Å². The topological polar surface area (TPSA) is 52.6 Å². The molecular weight excluding hydrogens is 276 g/mol. The number of carbonyl (C=O) groups excluding carboxylic acids is 1. The van der Waals surface area contributed by atoms with Crippen LogP contribution in [0.1, 0.15) is 58.3 Å². The number of likely N-dealkylation sites (tertiary alicyclic amines) is 1. The molecular formula is C18H30N2O2. The predicted molar refractivity (Wildman–Crippen MR) is 85.3 cm³/mol. The zero-order valence-electron chi connectivity index (χ0n) is 13.8. The standard InChI is InChI=1S/C18H30N2O2/c1-12(20-4-2-16(21)3-5-20)17(22)19-18-9-13-6-14(10-18)8-15(7-13)11-18/h12-16,21H,2-11H2,1H3,(H,19,22)/t12-,13?,14?,15?,18?/m1/s1. The number of hydrogen-bond acceptors (Lipinski definition) is 3. The fraction of sp³-hybridized carbons (Fsp3) is 0.944. The van der Waals surface area contributed by atoms with Gasteiger partial charge in [-0.1, -0.05) is 0 Å². The first kappa shape index (κ1) is 14.9. The number of amides is 1. The average molecular weight is 306 g/mol. The SMILES string of the molecule is C[C@H](C(=O)NC12CC3CC(CC(C3)C1)C2)N1CCC(O)CC1. The zero-order chi connectivity index (χ0) is 15.3. The van der Waals surface area contributed by atoms with Crippen LogP contribution in [0.25, 0.3) is 0 Å². The van der Waals surface area contributed by atoms with Gasteiger partial charge in [0.05, 0.1) is 12.1 Å². The lowest BCUT2D eigenvalue weighted by molar-refractivity contribution is -0.132. The Hall–Kier alpha value is -0.610. The molecule has 2 N–H and O–H groups in total. The molecule has 4 heteroatoms. The second-order valence-electron chi connectivity index (χ2n) is 8.63. The number of hydrogen-bond donors (Lipinski definition) is 2. The molecule has 5 rings (SSSR count). The molecule has 1 aliphatic heterocycles. The van der Waals surface area contributed by atoms with E-state index in [4.69, 9.17) is 0 Å². The number of aliphatic hydroxyl groups excluding tert-OH is 1. The summed E-state index contributed by atoms with van der Waals surface area (Å²) in [6, 6.07) is -0.0551. The van der Waals surface area contributed by atoms with Crippen LogP contribution < -0.4 is 5.32 Å². The smallest absolute Gasteiger partial charge is 0.237 e. The van der Waals surface area contributed by atoms with Crippen molar-refractivity contribution in [2.24, 2.45) is 17.8 Å². The lowest BCUT2D eigenvalue weighted by atomic mass is 9.53. The summed E-state index contributed by atoms with van der Waals surface area (Å²) in [6.07, 6.45) is 9.32. The van der Waals surface area contributed by atoms with Gasteiger partial charge in [0.25, 0.3) is 0 Å². The van der Waals surface area contributed by atoms with Gasteiger partial charge in [0.2, 0.25) is 5.91 Å². The van der Waals surface area contributed by atoms with Crippen molar-refractivity contribution >= 4 is 5.91 Å². The second kappa shape index (κ2) is 5.48. The van der Waals surface area contributed by atoms with E-state index < -0.39 is 0 Å². The molecule has 1 saturated heterocycles. The molecule has 1 atom stereocenters. The molecule has 4 bridgehead atoms. The van der Waals surface area contributed by atoms with E-state index in [1.54, 1.807) is 0 Å². The van der Waals surface area contributed by atoms with Crippen LogP contribution in [0.5, 0.6) is 0 Å². The van der Waals surface area contributed by atoms with E-state index >= 15 is 0 Å². The zero-order valence-corrected chi connectivity index (χ0v) is 13.8. The summed E-state index contributed by atoms with van der Waals surface area (Å²) in [6.45, 7) is 3.72. The van der Waals surface area contributed by atoms with Crippen molar-refractivity contribution in [3.8, 4) is 0 Å². The van der Waals surface area contributed by atoms with Gasteiger partial charge in [0.1, 0.15) is 0 Å². The first-order valence-corrected chi connectivity index (χ1v) is 9.27. The Morgan fingerprint density at radius 3 is 2.09 bits per heavy atom. The monoisotopic (exact) mass is 306 g/mol. The van der Waals surface area contributed by atoms with Crippen molar-refractivity contribution in [3.05, 3.63) is 0 Å². The van der Waals surface area contributed by atoms with Crippen molar-refractivity contribution in [2.45, 2.75) is 76.0 Å². The van der Waals surface area contributed by atoms with Gasteiger partial charge in [0, 0.05) is 18.6 Å². The van der Waals surface area contributed by atoms with Gasteiger partial charge in [-0.2, -0.15) is 0 Å². The van der Waals surface area contributed by atoms with E-state index in [1.807, 2.05) is 6.92 Å². The maximum Gasteiger partial charge on any atom is 0.237 e. The van der Waals surface area contributed by atoms with Gasteiger partial charge in [-0.25, -0.2) is 0 Å². The van der Waals surface area contributed by atoms with Crippen LogP contribution in [0, 0.1) is 17.8 Å². The molecule has 4 aliphatic carbocycles. The van der Waals surface area contributed by atoms with E-state index in [-0.39, 0.29) is 23.6 Å². The number of nitrogens with one attached hydrogen (secondary N) is 1. The highest BCUT2D eigenvalue weighted by atomic mass is 16.3. The molecule has 5 fully saturated rings. The molecule has 0 unspecified atom stereocenters. The molecule has 0 radical (unpaired) electrons. The molecule has 0 aromatic heterocycles. The molecule has 0 spiro atoms. The summed E-state index contributed by atoms with van der Waals surface area (Å²) in [5.74, 6) is 2.82. The highest BCUT2D eigenvalue weighted by molar-refractivity contribution is 5.82. The number of piperidine rings is 1. The number of aliphatic hydroxyl groups is 1. The fourth-order valence-electron chi connectivity index (χ4n) is 6.07. The van der Waals surface area contributed by atoms with Crippen molar-refractivity contribution in [1.29, 1.82) is 0 Å². The Kier molecular flexibility index (Phi) is 3.73. The Morgan fingerprint density at radius 1 is 1.09 bits per heavy atom. The Morgan fingerprint density at radius 2 is 1.59 bits per heavy atom. The summed E-state index contributed by atoms with van der Waals surface area (Å²) in [5.41, 5.74) is 0.120. The molecule has 22 heavy (non-hydrogen) atoms. The quantitative estimate of drug-likeness (QED) is 0.837. The summed E-state index contributed by atoms with van der Waals surface area (Å²) < 4.78 is 0. The van der Waals surface area contributed by atoms with E-state index in [9.17, 15) is 9.90 Å². The molecule has 0 aromatic rings. The van der Waals surface area contributed by atoms with Gasteiger partial charge < -0.3 is 10.4 Å². The highest BCUT2D eigenvalue weighted by Gasteiger charge is 2.51. The average Bonchev–Trinajstić information content (AvgIpc) is 2.45. The normalized spacial score (nSPS) is 43.3. The first-order chi connectivity index (χ1) is 10.5. The fourth-order valence-corrected chi connectivity index (χ4v) is 6.07. The van der Waals surface area contributed by atoms with Crippen LogP contribution in [-0.4, -0.2) is 46.7 Å². The number of carbonyl (C=O) groups is 1. The molecule has 5 aliphatic rings. The number of rotatable bonds is 3. The second-order valence-corrected chi connectivity index (χ2v) is 8.63. The van der Waals surface area contributed by atoms with Crippen LogP contribution in [0.2, 0.25) is 0 Å². The minimum atomic E-state index is -0.172.